The van der Waals surface area contributed by atoms with Crippen LogP contribution in [0.1, 0.15) is 67.8 Å². The number of halogens is 3. The Kier molecular flexibility index (Phi) is 3.32. The number of nitrogens with zero attached hydrogens (tertiary/aromatic N) is 2. The summed E-state index contributed by atoms with van der Waals surface area (Å²) < 4.78 is 162. The normalized spacial score (nSPS) is 43.7. The van der Waals surface area contributed by atoms with E-state index >= 15 is 0 Å². The lowest BCUT2D eigenvalue weighted by atomic mass is 9.85. The Labute approximate surface area is 223 Å². The van der Waals surface area contributed by atoms with Crippen molar-refractivity contribution in [2.75, 3.05) is 13.0 Å². The number of amides is 4. The fraction of sp³-hybridized carbons (Fsp3) is 0.783. The van der Waals surface area contributed by atoms with Gasteiger partial charge in [-0.15, -0.1) is 0 Å². The van der Waals surface area contributed by atoms with Crippen LogP contribution in [-0.2, 0) is 19.2 Å². The highest BCUT2D eigenvalue weighted by Crippen LogP contribution is 2.65. The maximum Gasteiger partial charge on any atom is 0.471 e. The van der Waals surface area contributed by atoms with Gasteiger partial charge in [-0.25, -0.2) is 0 Å². The van der Waals surface area contributed by atoms with Crippen molar-refractivity contribution < 1.29 is 52.9 Å². The third-order valence-corrected chi connectivity index (χ3v) is 6.19. The predicted octanol–water partition coefficient (Wildman–Crippen LogP) is 1.10. The first-order chi connectivity index (χ1) is 21.9. The van der Waals surface area contributed by atoms with Gasteiger partial charge >= 0.3 is 12.1 Å². The summed E-state index contributed by atoms with van der Waals surface area (Å²) in [6.07, 6.45) is -8.25. The lowest BCUT2D eigenvalue weighted by Gasteiger charge is -2.37. The van der Waals surface area contributed by atoms with Crippen LogP contribution < -0.4 is 16.0 Å². The molecule has 3 fully saturated rings. The fourth-order valence-corrected chi connectivity index (χ4v) is 4.24. The zero-order valence-corrected chi connectivity index (χ0v) is 18.4. The molecular weight excluding hydrogens is 467 g/mol. The van der Waals surface area contributed by atoms with E-state index in [1.807, 2.05) is 5.32 Å². The highest BCUT2D eigenvalue weighted by Gasteiger charge is 2.70. The number of hydrogen-bond acceptors (Lipinski definition) is 5. The summed E-state index contributed by atoms with van der Waals surface area (Å²) >= 11 is 0. The molecule has 1 aliphatic carbocycles. The van der Waals surface area contributed by atoms with Crippen molar-refractivity contribution in [1.29, 1.82) is 5.26 Å². The molecule has 0 bridgehead atoms. The number of carbonyl (C=O) groups is 4. The zero-order valence-electron chi connectivity index (χ0n) is 33.4. The van der Waals surface area contributed by atoms with E-state index in [2.05, 4.69) is 0 Å². The van der Waals surface area contributed by atoms with E-state index in [-0.39, 0.29) is 4.90 Å². The number of piperidine rings is 1. The quantitative estimate of drug-likeness (QED) is 0.489. The number of carbonyl (C=O) groups excluding carboxylic acids is 4. The molecule has 194 valence electrons. The highest BCUT2D eigenvalue weighted by atomic mass is 19.4. The molecule has 35 heavy (non-hydrogen) atoms. The van der Waals surface area contributed by atoms with Crippen LogP contribution >= 0.6 is 0 Å². The number of nitrogens with one attached hydrogen (secondary N) is 3. The molecule has 4 amide bonds. The number of likely N-dealkylation sites (tertiary alicyclic amines) is 1. The van der Waals surface area contributed by atoms with E-state index in [0.717, 1.165) is 0 Å². The molecule has 12 heteroatoms. The summed E-state index contributed by atoms with van der Waals surface area (Å²) in [6, 6.07) is -9.93. The molecule has 0 aromatic carbocycles. The van der Waals surface area contributed by atoms with Crippen molar-refractivity contribution in [2.24, 2.45) is 28.6 Å². The van der Waals surface area contributed by atoms with Crippen LogP contribution in [0.25, 0.3) is 0 Å². The second-order valence-electron chi connectivity index (χ2n) is 8.92. The fourth-order valence-electron chi connectivity index (χ4n) is 4.24. The van der Waals surface area contributed by atoms with Crippen molar-refractivity contribution in [1.82, 2.24) is 20.9 Å². The number of nitriles is 1. The summed E-state index contributed by atoms with van der Waals surface area (Å²) in [4.78, 5) is 52.9. The van der Waals surface area contributed by atoms with Gasteiger partial charge in [0.15, 0.2) is 0 Å². The molecule has 2 aliphatic heterocycles. The standard InChI is InChI=1S/C23H32F3N5O4/c1-21(2,3)16(30-20(35)23(24,25)26)19(34)31-10-13-14(22(13,4)5)15(31)18(33)29-12(9-27)8-11-6-7-28-17(11)32/h11-16H,6-8,10H2,1-5H3,(H,28,32)(H,29,33)(H,30,35)/t11-,12-,13-,14-,15-,16?/m0/s1/i1D3,2D3,3D3,7D2,11D,12D,15D,16D. The first kappa shape index (κ1) is 12.9. The summed E-state index contributed by atoms with van der Waals surface area (Å²) in [6.45, 7) is -14.3. The molecule has 1 saturated carbocycles. The van der Waals surface area contributed by atoms with Crippen LogP contribution in [0, 0.1) is 39.9 Å². The van der Waals surface area contributed by atoms with Crippen LogP contribution in [0.3, 0.4) is 0 Å². The van der Waals surface area contributed by atoms with Gasteiger partial charge in [0.05, 0.1) is 10.2 Å². The van der Waals surface area contributed by atoms with Gasteiger partial charge in [-0.1, -0.05) is 34.4 Å². The van der Waals surface area contributed by atoms with E-state index in [0.29, 0.717) is 5.32 Å². The largest absolute Gasteiger partial charge is 0.471 e. The van der Waals surface area contributed by atoms with Gasteiger partial charge in [0, 0.05) is 35.4 Å². The number of rotatable bonds is 6. The predicted molar refractivity (Wildman–Crippen MR) is 117 cm³/mol. The zero-order chi connectivity index (χ0) is 39.5. The molecule has 0 aromatic heterocycles. The van der Waals surface area contributed by atoms with Gasteiger partial charge in [-0.3, -0.25) is 19.2 Å². The van der Waals surface area contributed by atoms with Crippen molar-refractivity contribution in [3.8, 4) is 6.07 Å². The molecule has 0 aromatic rings. The van der Waals surface area contributed by atoms with Crippen molar-refractivity contribution in [3.63, 3.8) is 0 Å². The van der Waals surface area contributed by atoms with Crippen LogP contribution in [0.15, 0.2) is 0 Å². The van der Waals surface area contributed by atoms with E-state index in [4.69, 9.17) is 19.2 Å². The topological polar surface area (TPSA) is 131 Å². The molecule has 3 aliphatic rings. The lowest BCUT2D eigenvalue weighted by molar-refractivity contribution is -0.176. The van der Waals surface area contributed by atoms with Crippen LogP contribution in [0.4, 0.5) is 13.2 Å². The molecule has 2 saturated heterocycles. The Bertz CT molecular complexity index is 1490. The van der Waals surface area contributed by atoms with Crippen LogP contribution in [-0.4, -0.2) is 65.8 Å². The smallest absolute Gasteiger partial charge is 0.356 e. The van der Waals surface area contributed by atoms with E-state index in [1.165, 1.54) is 19.9 Å². The van der Waals surface area contributed by atoms with Gasteiger partial charge in [0.2, 0.25) is 17.7 Å². The SMILES string of the molecule is [2H]C1([2H])C[C@@]([2H])(C[C@@]([2H])(C#N)NC(=O)[C@]2([2H])[C@@H]3[C@H](CN2C(=O)C([2H])(NC(=O)C(F)(F)F)C(C([2H])([2H])[2H])(C([2H])([2H])[2H])C([2H])([2H])[2H])C3(C)C)C(=O)N1. The lowest BCUT2D eigenvalue weighted by Crippen LogP contribution is -2.61. The molecule has 2 heterocycles. The molecule has 9 nitrogen and oxygen atoms in total. The average Bonchev–Trinajstić information content (AvgIpc) is 3.12. The van der Waals surface area contributed by atoms with Crippen LogP contribution in [0.2, 0.25) is 0 Å². The van der Waals surface area contributed by atoms with E-state index < -0.39 is 123 Å². The van der Waals surface area contributed by atoms with Crippen molar-refractivity contribution >= 4 is 23.6 Å². The van der Waals surface area contributed by atoms with Gasteiger partial charge in [0.25, 0.3) is 0 Å². The molecular formula is C23H32F3N5O4. The summed E-state index contributed by atoms with van der Waals surface area (Å²) in [5.74, 6) is -14.0. The first-order valence-corrected chi connectivity index (χ1v) is 10.1. The minimum atomic E-state index is -6.08. The van der Waals surface area contributed by atoms with Crippen molar-refractivity contribution in [3.05, 3.63) is 0 Å². The maximum atomic E-state index is 14.4. The number of fused-ring (bicyclic) bond motifs is 1. The van der Waals surface area contributed by atoms with Gasteiger partial charge in [-0.05, 0) is 35.5 Å². The molecule has 1 unspecified atom stereocenters. The number of alkyl halides is 3. The van der Waals surface area contributed by atoms with Gasteiger partial charge < -0.3 is 20.9 Å². The Hall–Kier alpha value is -2.84. The highest BCUT2D eigenvalue weighted by molar-refractivity contribution is 5.95. The summed E-state index contributed by atoms with van der Waals surface area (Å²) in [7, 11) is 0. The van der Waals surface area contributed by atoms with Crippen LogP contribution in [0.5, 0.6) is 0 Å². The second kappa shape index (κ2) is 8.99. The molecule has 0 radical (unpaired) electrons. The maximum absolute atomic E-state index is 14.4. The Morgan fingerprint density at radius 2 is 2.03 bits per heavy atom. The summed E-state index contributed by atoms with van der Waals surface area (Å²) in [5.41, 5.74) is -5.99. The minimum absolute atomic E-state index is 0.0975. The molecule has 3 N–H and O–H groups in total. The third kappa shape index (κ3) is 5.23. The molecule has 6 atom stereocenters. The Morgan fingerprint density at radius 3 is 2.54 bits per heavy atom. The Balaban J connectivity index is 2.26. The number of hydrogen-bond donors (Lipinski definition) is 3. The molecule has 3 rings (SSSR count). The van der Waals surface area contributed by atoms with E-state index in [9.17, 15) is 39.0 Å². The molecule has 0 spiro atoms. The van der Waals surface area contributed by atoms with Crippen molar-refractivity contribution in [2.45, 2.75) is 71.5 Å². The van der Waals surface area contributed by atoms with E-state index in [1.54, 1.807) is 5.32 Å². The monoisotopic (exact) mass is 514 g/mol. The third-order valence-electron chi connectivity index (χ3n) is 6.19. The first-order valence-electron chi connectivity index (χ1n) is 17.6. The average molecular weight is 515 g/mol. The van der Waals surface area contributed by atoms with Gasteiger partial charge in [-0.2, -0.15) is 18.4 Å². The second-order valence-corrected chi connectivity index (χ2v) is 8.92. The summed E-state index contributed by atoms with van der Waals surface area (Å²) in [5, 5.41) is 14.0. The minimum Gasteiger partial charge on any atom is -0.356 e. The van der Waals surface area contributed by atoms with Gasteiger partial charge in [0.1, 0.15) is 18.1 Å². The Morgan fingerprint density at radius 1 is 1.37 bits per heavy atom.